The van der Waals surface area contributed by atoms with Crippen LogP contribution in [-0.4, -0.2) is 30.9 Å². The highest BCUT2D eigenvalue weighted by Gasteiger charge is 2.42. The molecule has 20 heavy (non-hydrogen) atoms. The molecule has 110 valence electrons. The molecule has 0 saturated heterocycles. The molecule has 0 spiro atoms. The summed E-state index contributed by atoms with van der Waals surface area (Å²) in [5.41, 5.74) is 1.29. The number of carbonyl (C=O) groups excluding carboxylic acids is 1. The Bertz CT molecular complexity index is 516. The molecule has 0 saturated carbocycles. The van der Waals surface area contributed by atoms with E-state index in [1.807, 2.05) is 5.32 Å². The van der Waals surface area contributed by atoms with Crippen molar-refractivity contribution < 1.29 is 27.8 Å². The molecular weight excluding hydrogens is 275 g/mol. The third kappa shape index (κ3) is 2.72. The number of ether oxygens (including phenoxy) is 1. The van der Waals surface area contributed by atoms with Crippen LogP contribution in [-0.2, 0) is 4.79 Å². The van der Waals surface area contributed by atoms with Gasteiger partial charge in [-0.1, -0.05) is 6.07 Å². The van der Waals surface area contributed by atoms with Crippen molar-refractivity contribution >= 4 is 5.91 Å². The summed E-state index contributed by atoms with van der Waals surface area (Å²) in [7, 11) is 1.45. The van der Waals surface area contributed by atoms with Crippen LogP contribution in [0.5, 0.6) is 5.75 Å². The lowest BCUT2D eigenvalue weighted by Gasteiger charge is -2.16. The van der Waals surface area contributed by atoms with Crippen LogP contribution in [0.3, 0.4) is 0 Å². The second-order valence-corrected chi connectivity index (χ2v) is 4.63. The maximum absolute atomic E-state index is 12.3. The SMILES string of the molecule is COc1ccc2c(c1)[C@@H](NC(=O)C(F)(F)F)C[C@@H]2CO. The Balaban J connectivity index is 2.28. The van der Waals surface area contributed by atoms with Crippen molar-refractivity contribution in [3.05, 3.63) is 29.3 Å². The number of alkyl halides is 3. The monoisotopic (exact) mass is 289 g/mol. The lowest BCUT2D eigenvalue weighted by Crippen LogP contribution is -2.38. The molecule has 2 rings (SSSR count). The summed E-state index contributed by atoms with van der Waals surface area (Å²) < 4.78 is 42.0. The maximum Gasteiger partial charge on any atom is 0.471 e. The number of hydrogen-bond donors (Lipinski definition) is 2. The quantitative estimate of drug-likeness (QED) is 0.893. The van der Waals surface area contributed by atoms with E-state index < -0.39 is 18.1 Å². The number of amides is 1. The molecule has 0 fully saturated rings. The summed E-state index contributed by atoms with van der Waals surface area (Å²) in [4.78, 5) is 11.0. The molecule has 0 radical (unpaired) electrons. The number of fused-ring (bicyclic) bond motifs is 1. The topological polar surface area (TPSA) is 58.6 Å². The van der Waals surface area contributed by atoms with Crippen molar-refractivity contribution in [1.29, 1.82) is 0 Å². The van der Waals surface area contributed by atoms with Gasteiger partial charge in [-0.15, -0.1) is 0 Å². The molecule has 1 aliphatic carbocycles. The van der Waals surface area contributed by atoms with E-state index in [1.165, 1.54) is 7.11 Å². The molecule has 0 bridgehead atoms. The first-order valence-corrected chi connectivity index (χ1v) is 6.03. The molecule has 0 heterocycles. The fourth-order valence-electron chi connectivity index (χ4n) is 2.44. The van der Waals surface area contributed by atoms with Gasteiger partial charge in [-0.25, -0.2) is 0 Å². The van der Waals surface area contributed by atoms with Gasteiger partial charge in [0.25, 0.3) is 0 Å². The number of benzene rings is 1. The van der Waals surface area contributed by atoms with Crippen LogP contribution < -0.4 is 10.1 Å². The van der Waals surface area contributed by atoms with Crippen LogP contribution in [0.4, 0.5) is 13.2 Å². The Labute approximate surface area is 113 Å². The summed E-state index contributed by atoms with van der Waals surface area (Å²) in [6.45, 7) is -0.183. The first kappa shape index (κ1) is 14.6. The zero-order chi connectivity index (χ0) is 14.9. The van der Waals surface area contributed by atoms with Crippen LogP contribution in [0.15, 0.2) is 18.2 Å². The molecular formula is C13H14F3NO3. The average molecular weight is 289 g/mol. The van der Waals surface area contributed by atoms with Gasteiger partial charge >= 0.3 is 12.1 Å². The summed E-state index contributed by atoms with van der Waals surface area (Å²) in [6, 6.07) is 4.20. The highest BCUT2D eigenvalue weighted by atomic mass is 19.4. The molecule has 1 aromatic carbocycles. The Morgan fingerprint density at radius 2 is 2.15 bits per heavy atom. The Morgan fingerprint density at radius 3 is 2.70 bits per heavy atom. The van der Waals surface area contributed by atoms with Gasteiger partial charge < -0.3 is 15.2 Å². The number of nitrogens with one attached hydrogen (secondary N) is 1. The van der Waals surface area contributed by atoms with Crippen molar-refractivity contribution in [2.75, 3.05) is 13.7 Å². The van der Waals surface area contributed by atoms with E-state index >= 15 is 0 Å². The van der Waals surface area contributed by atoms with Crippen molar-refractivity contribution in [3.8, 4) is 5.75 Å². The minimum Gasteiger partial charge on any atom is -0.497 e. The van der Waals surface area contributed by atoms with Crippen molar-refractivity contribution in [2.24, 2.45) is 0 Å². The number of aliphatic hydroxyl groups is 1. The normalized spacial score (nSPS) is 21.4. The van der Waals surface area contributed by atoms with Gasteiger partial charge in [0.05, 0.1) is 19.8 Å². The summed E-state index contributed by atoms with van der Waals surface area (Å²) >= 11 is 0. The number of rotatable bonds is 3. The molecule has 1 aromatic rings. The van der Waals surface area contributed by atoms with Gasteiger partial charge in [-0.05, 0) is 29.7 Å². The largest absolute Gasteiger partial charge is 0.497 e. The molecule has 0 aliphatic heterocycles. The lowest BCUT2D eigenvalue weighted by atomic mass is 10.0. The predicted octanol–water partition coefficient (Wildman–Crippen LogP) is 1.89. The smallest absolute Gasteiger partial charge is 0.471 e. The molecule has 0 aromatic heterocycles. The van der Waals surface area contributed by atoms with Gasteiger partial charge in [-0.3, -0.25) is 4.79 Å². The molecule has 2 atom stereocenters. The molecule has 2 N–H and O–H groups in total. The third-order valence-corrected chi connectivity index (χ3v) is 3.41. The standard InChI is InChI=1S/C13H14F3NO3/c1-20-8-2-3-9-7(6-18)4-11(10(9)5-8)17-12(19)13(14,15)16/h2-3,5,7,11,18H,4,6H2,1H3,(H,17,19)/t7-,11+/m1/s1. The third-order valence-electron chi connectivity index (χ3n) is 3.41. The van der Waals surface area contributed by atoms with Crippen molar-refractivity contribution in [2.45, 2.75) is 24.6 Å². The van der Waals surface area contributed by atoms with E-state index in [0.29, 0.717) is 11.3 Å². The van der Waals surface area contributed by atoms with Gasteiger partial charge in [0.1, 0.15) is 5.75 Å². The van der Waals surface area contributed by atoms with E-state index in [2.05, 4.69) is 0 Å². The van der Waals surface area contributed by atoms with Crippen molar-refractivity contribution in [1.82, 2.24) is 5.32 Å². The number of halogens is 3. The second-order valence-electron chi connectivity index (χ2n) is 4.63. The summed E-state index contributed by atoms with van der Waals surface area (Å²) in [5, 5.41) is 11.2. The fraction of sp³-hybridized carbons (Fsp3) is 0.462. The molecule has 7 heteroatoms. The minimum absolute atomic E-state index is 0.183. The number of hydrogen-bond acceptors (Lipinski definition) is 3. The highest BCUT2D eigenvalue weighted by molar-refractivity contribution is 5.82. The van der Waals surface area contributed by atoms with Crippen LogP contribution in [0.25, 0.3) is 0 Å². The molecule has 1 aliphatic rings. The zero-order valence-electron chi connectivity index (χ0n) is 10.7. The number of carbonyl (C=O) groups is 1. The van der Waals surface area contributed by atoms with E-state index in [0.717, 1.165) is 5.56 Å². The highest BCUT2D eigenvalue weighted by Crippen LogP contribution is 2.41. The maximum atomic E-state index is 12.3. The molecule has 4 nitrogen and oxygen atoms in total. The average Bonchev–Trinajstić information content (AvgIpc) is 2.75. The Kier molecular flexibility index (Phi) is 3.89. The van der Waals surface area contributed by atoms with E-state index in [1.54, 1.807) is 18.2 Å². The van der Waals surface area contributed by atoms with Crippen LogP contribution in [0.2, 0.25) is 0 Å². The van der Waals surface area contributed by atoms with Crippen LogP contribution in [0, 0.1) is 0 Å². The van der Waals surface area contributed by atoms with Gasteiger partial charge in [0, 0.05) is 5.92 Å². The summed E-state index contributed by atoms with van der Waals surface area (Å²) in [5.74, 6) is -1.77. The lowest BCUT2D eigenvalue weighted by molar-refractivity contribution is -0.174. The first-order valence-electron chi connectivity index (χ1n) is 6.03. The summed E-state index contributed by atoms with van der Waals surface area (Å²) in [6.07, 6.45) is -4.68. The Hall–Kier alpha value is -1.76. The Morgan fingerprint density at radius 1 is 1.45 bits per heavy atom. The number of methoxy groups -OCH3 is 1. The van der Waals surface area contributed by atoms with E-state index in [-0.39, 0.29) is 18.9 Å². The second kappa shape index (κ2) is 5.32. The van der Waals surface area contributed by atoms with E-state index in [9.17, 15) is 23.1 Å². The van der Waals surface area contributed by atoms with Crippen LogP contribution in [0.1, 0.15) is 29.5 Å². The van der Waals surface area contributed by atoms with E-state index in [4.69, 9.17) is 4.74 Å². The minimum atomic E-state index is -4.92. The van der Waals surface area contributed by atoms with Gasteiger partial charge in [-0.2, -0.15) is 13.2 Å². The number of aliphatic hydroxyl groups excluding tert-OH is 1. The van der Waals surface area contributed by atoms with Crippen LogP contribution >= 0.6 is 0 Å². The predicted molar refractivity (Wildman–Crippen MR) is 64.4 cm³/mol. The fourth-order valence-corrected chi connectivity index (χ4v) is 2.44. The van der Waals surface area contributed by atoms with Gasteiger partial charge in [0.2, 0.25) is 0 Å². The first-order chi connectivity index (χ1) is 9.36. The van der Waals surface area contributed by atoms with Crippen molar-refractivity contribution in [3.63, 3.8) is 0 Å². The molecule has 1 amide bonds. The van der Waals surface area contributed by atoms with Gasteiger partial charge in [0.15, 0.2) is 0 Å². The molecule has 0 unspecified atom stereocenters. The zero-order valence-corrected chi connectivity index (χ0v) is 10.7.